The Kier molecular flexibility index (Phi) is 5.82. The lowest BCUT2D eigenvalue weighted by Gasteiger charge is -2.22. The molecule has 0 atom stereocenters. The van der Waals surface area contributed by atoms with Gasteiger partial charge in [0, 0.05) is 30.7 Å². The fraction of sp³-hybridized carbons (Fsp3) is 0.385. The largest absolute Gasteiger partial charge is 0.347 e. The van der Waals surface area contributed by atoms with Crippen molar-refractivity contribution >= 4 is 39.3 Å². The molecule has 6 heteroatoms. The molecule has 0 N–H and O–H groups in total. The van der Waals surface area contributed by atoms with Gasteiger partial charge in [-0.2, -0.15) is 0 Å². The van der Waals surface area contributed by atoms with Crippen LogP contribution in [0.4, 0.5) is 0 Å². The first kappa shape index (κ1) is 16.0. The summed E-state index contributed by atoms with van der Waals surface area (Å²) in [5, 5.41) is 0.473. The van der Waals surface area contributed by atoms with E-state index in [1.54, 1.807) is 32.3 Å². The van der Waals surface area contributed by atoms with Crippen LogP contribution in [0.25, 0.3) is 0 Å². The van der Waals surface area contributed by atoms with Gasteiger partial charge in [-0.1, -0.05) is 11.6 Å². The van der Waals surface area contributed by atoms with Gasteiger partial charge in [0.1, 0.15) is 0 Å². The fourth-order valence-electron chi connectivity index (χ4n) is 1.44. The highest BCUT2D eigenvalue weighted by atomic mass is 79.9. The van der Waals surface area contributed by atoms with Crippen molar-refractivity contribution < 1.29 is 9.59 Å². The van der Waals surface area contributed by atoms with E-state index in [1.807, 2.05) is 6.92 Å². The van der Waals surface area contributed by atoms with Gasteiger partial charge in [0.2, 0.25) is 5.91 Å². The zero-order chi connectivity index (χ0) is 14.6. The monoisotopic (exact) mass is 346 g/mol. The van der Waals surface area contributed by atoms with E-state index in [-0.39, 0.29) is 18.4 Å². The van der Waals surface area contributed by atoms with Gasteiger partial charge < -0.3 is 9.80 Å². The van der Waals surface area contributed by atoms with Crippen LogP contribution in [0.15, 0.2) is 22.7 Å². The first-order valence-corrected chi connectivity index (χ1v) is 6.98. The molecule has 0 aliphatic carbocycles. The molecule has 1 aromatic carbocycles. The minimum atomic E-state index is -0.202. The summed E-state index contributed by atoms with van der Waals surface area (Å²) in [5.41, 5.74) is 0.474. The molecular weight excluding hydrogens is 332 g/mol. The zero-order valence-corrected chi connectivity index (χ0v) is 13.5. The second-order valence-corrected chi connectivity index (χ2v) is 5.50. The van der Waals surface area contributed by atoms with E-state index in [0.29, 0.717) is 17.1 Å². The number of halogens is 2. The SMILES string of the molecule is CCN(CC(=O)N(C)C)C(=O)c1ccc(Br)c(Cl)c1. The maximum atomic E-state index is 12.3. The molecule has 0 fully saturated rings. The highest BCUT2D eigenvalue weighted by molar-refractivity contribution is 9.10. The third-order valence-electron chi connectivity index (χ3n) is 2.66. The topological polar surface area (TPSA) is 40.6 Å². The number of hydrogen-bond donors (Lipinski definition) is 0. The molecule has 0 saturated heterocycles. The smallest absolute Gasteiger partial charge is 0.254 e. The van der Waals surface area contributed by atoms with Crippen molar-refractivity contribution in [2.24, 2.45) is 0 Å². The van der Waals surface area contributed by atoms with Gasteiger partial charge in [-0.15, -0.1) is 0 Å². The van der Waals surface area contributed by atoms with Crippen LogP contribution in [0.1, 0.15) is 17.3 Å². The van der Waals surface area contributed by atoms with Crippen molar-refractivity contribution in [3.63, 3.8) is 0 Å². The van der Waals surface area contributed by atoms with Crippen molar-refractivity contribution in [3.8, 4) is 0 Å². The first-order chi connectivity index (χ1) is 8.86. The molecular formula is C13H16BrClN2O2. The molecule has 1 rings (SSSR count). The quantitative estimate of drug-likeness (QED) is 0.840. The van der Waals surface area contributed by atoms with Gasteiger partial charge >= 0.3 is 0 Å². The van der Waals surface area contributed by atoms with Crippen molar-refractivity contribution in [1.29, 1.82) is 0 Å². The van der Waals surface area contributed by atoms with Gasteiger partial charge in [0.05, 0.1) is 11.6 Å². The van der Waals surface area contributed by atoms with Crippen LogP contribution in [0.5, 0.6) is 0 Å². The van der Waals surface area contributed by atoms with Crippen molar-refractivity contribution in [2.45, 2.75) is 6.92 Å². The summed E-state index contributed by atoms with van der Waals surface area (Å²) in [7, 11) is 3.33. The number of carbonyl (C=O) groups excluding carboxylic acids is 2. The maximum Gasteiger partial charge on any atom is 0.254 e. The van der Waals surface area contributed by atoms with Crippen molar-refractivity contribution in [1.82, 2.24) is 9.80 Å². The first-order valence-electron chi connectivity index (χ1n) is 5.81. The molecule has 1 aromatic rings. The summed E-state index contributed by atoms with van der Waals surface area (Å²) in [6.07, 6.45) is 0. The lowest BCUT2D eigenvalue weighted by Crippen LogP contribution is -2.40. The van der Waals surface area contributed by atoms with Gasteiger partial charge in [-0.25, -0.2) is 0 Å². The van der Waals surface area contributed by atoms with Crippen molar-refractivity contribution in [2.75, 3.05) is 27.2 Å². The zero-order valence-electron chi connectivity index (χ0n) is 11.1. The predicted octanol–water partition coefficient (Wildman–Crippen LogP) is 2.65. The Balaban J connectivity index is 2.89. The van der Waals surface area contributed by atoms with Crippen LogP contribution < -0.4 is 0 Å². The minimum absolute atomic E-state index is 0.0655. The summed E-state index contributed by atoms with van der Waals surface area (Å²) in [5.74, 6) is -0.314. The summed E-state index contributed by atoms with van der Waals surface area (Å²) in [4.78, 5) is 26.9. The Bertz CT molecular complexity index is 492. The molecule has 0 radical (unpaired) electrons. The van der Waals surface area contributed by atoms with E-state index in [9.17, 15) is 9.59 Å². The Morgan fingerprint density at radius 2 is 1.95 bits per heavy atom. The number of likely N-dealkylation sites (N-methyl/N-ethyl adjacent to an activating group) is 2. The van der Waals surface area contributed by atoms with Gasteiger partial charge in [0.15, 0.2) is 0 Å². The lowest BCUT2D eigenvalue weighted by atomic mass is 10.2. The molecule has 0 unspecified atom stereocenters. The minimum Gasteiger partial charge on any atom is -0.347 e. The van der Waals surface area contributed by atoms with Gasteiger partial charge in [-0.05, 0) is 41.1 Å². The molecule has 2 amide bonds. The number of hydrogen-bond acceptors (Lipinski definition) is 2. The molecule has 104 valence electrons. The summed E-state index contributed by atoms with van der Waals surface area (Å²) in [6.45, 7) is 2.36. The number of amides is 2. The van der Waals surface area contributed by atoms with E-state index >= 15 is 0 Å². The van der Waals surface area contributed by atoms with Gasteiger partial charge in [-0.3, -0.25) is 9.59 Å². The number of carbonyl (C=O) groups is 2. The molecule has 0 aliphatic heterocycles. The molecule has 0 saturated carbocycles. The molecule has 0 aliphatic rings. The highest BCUT2D eigenvalue weighted by Gasteiger charge is 2.18. The van der Waals surface area contributed by atoms with Gasteiger partial charge in [0.25, 0.3) is 5.91 Å². The van der Waals surface area contributed by atoms with Crippen LogP contribution >= 0.6 is 27.5 Å². The standard InChI is InChI=1S/C13H16BrClN2O2/c1-4-17(8-12(18)16(2)3)13(19)9-5-6-10(14)11(15)7-9/h5-7H,4,8H2,1-3H3. The summed E-state index contributed by atoms with van der Waals surface area (Å²) in [6, 6.07) is 5.00. The van der Waals surface area contributed by atoms with Crippen LogP contribution in [0.3, 0.4) is 0 Å². The van der Waals surface area contributed by atoms with Crippen LogP contribution in [0.2, 0.25) is 5.02 Å². The normalized spacial score (nSPS) is 10.2. The number of rotatable bonds is 4. The Hall–Kier alpha value is -1.07. The molecule has 4 nitrogen and oxygen atoms in total. The summed E-state index contributed by atoms with van der Waals surface area (Å²) >= 11 is 9.24. The van der Waals surface area contributed by atoms with Crippen LogP contribution in [-0.2, 0) is 4.79 Å². The van der Waals surface area contributed by atoms with Crippen LogP contribution in [0, 0.1) is 0 Å². The van der Waals surface area contributed by atoms with E-state index in [0.717, 1.165) is 4.47 Å². The third kappa shape index (κ3) is 4.21. The second kappa shape index (κ2) is 6.91. The van der Waals surface area contributed by atoms with Crippen molar-refractivity contribution in [3.05, 3.63) is 33.3 Å². The molecule has 19 heavy (non-hydrogen) atoms. The van der Waals surface area contributed by atoms with Crippen LogP contribution in [-0.4, -0.2) is 48.8 Å². The number of benzene rings is 1. The molecule has 0 spiro atoms. The molecule has 0 bridgehead atoms. The maximum absolute atomic E-state index is 12.3. The average molecular weight is 348 g/mol. The molecule has 0 aromatic heterocycles. The Morgan fingerprint density at radius 3 is 2.42 bits per heavy atom. The predicted molar refractivity (Wildman–Crippen MR) is 79.4 cm³/mol. The summed E-state index contributed by atoms with van der Waals surface area (Å²) < 4.78 is 0.734. The molecule has 0 heterocycles. The lowest BCUT2D eigenvalue weighted by molar-refractivity contribution is -0.129. The Labute approximate surface area is 126 Å². The van der Waals surface area contributed by atoms with E-state index in [2.05, 4.69) is 15.9 Å². The van der Waals surface area contributed by atoms with E-state index in [1.165, 1.54) is 9.80 Å². The highest BCUT2D eigenvalue weighted by Crippen LogP contribution is 2.23. The second-order valence-electron chi connectivity index (χ2n) is 4.24. The Morgan fingerprint density at radius 1 is 1.32 bits per heavy atom. The number of nitrogens with zero attached hydrogens (tertiary/aromatic N) is 2. The van der Waals surface area contributed by atoms with E-state index in [4.69, 9.17) is 11.6 Å². The van der Waals surface area contributed by atoms with E-state index < -0.39 is 0 Å². The average Bonchev–Trinajstić information content (AvgIpc) is 2.37. The third-order valence-corrected chi connectivity index (χ3v) is 3.89. The fourth-order valence-corrected chi connectivity index (χ4v) is 1.87.